The zero-order valence-corrected chi connectivity index (χ0v) is 17.7. The summed E-state index contributed by atoms with van der Waals surface area (Å²) in [7, 11) is -3.65. The van der Waals surface area contributed by atoms with E-state index in [1.165, 1.54) is 35.2 Å². The van der Waals surface area contributed by atoms with E-state index in [4.69, 9.17) is 0 Å². The minimum atomic E-state index is -3.65. The van der Waals surface area contributed by atoms with Gasteiger partial charge in [0.2, 0.25) is 10.0 Å². The average molecular weight is 429 g/mol. The van der Waals surface area contributed by atoms with Gasteiger partial charge in [-0.05, 0) is 51.1 Å². The number of carbonyl (C=O) groups excluding carboxylic acids is 3. The maximum Gasteiger partial charge on any atom is 0.262 e. The normalized spacial score (nSPS) is 14.0. The number of nitrogens with zero attached hydrogens (tertiary/aromatic N) is 1. The molecular formula is C21H23N3O5S. The summed E-state index contributed by atoms with van der Waals surface area (Å²) in [6.07, 6.45) is 0. The van der Waals surface area contributed by atoms with Crippen LogP contribution in [0, 0.1) is 0 Å². The first kappa shape index (κ1) is 21.7. The van der Waals surface area contributed by atoms with Crippen LogP contribution in [0.2, 0.25) is 0 Å². The summed E-state index contributed by atoms with van der Waals surface area (Å²) in [4.78, 5) is 38.9. The first-order valence-corrected chi connectivity index (χ1v) is 10.9. The third-order valence-corrected chi connectivity index (χ3v) is 6.05. The van der Waals surface area contributed by atoms with Crippen LogP contribution in [0.5, 0.6) is 0 Å². The molecule has 0 saturated carbocycles. The third kappa shape index (κ3) is 4.27. The second-order valence-corrected chi connectivity index (χ2v) is 9.61. The zero-order valence-electron chi connectivity index (χ0n) is 16.9. The molecule has 0 aromatic heterocycles. The summed E-state index contributed by atoms with van der Waals surface area (Å²) in [6.45, 7) is 5.35. The van der Waals surface area contributed by atoms with Gasteiger partial charge in [-0.15, -0.1) is 0 Å². The van der Waals surface area contributed by atoms with E-state index in [-0.39, 0.29) is 40.6 Å². The number of benzene rings is 2. The number of sulfonamides is 1. The van der Waals surface area contributed by atoms with Crippen molar-refractivity contribution in [2.24, 2.45) is 0 Å². The summed E-state index contributed by atoms with van der Waals surface area (Å²) in [5, 5.41) is 2.61. The monoisotopic (exact) mass is 429 g/mol. The van der Waals surface area contributed by atoms with Gasteiger partial charge >= 0.3 is 0 Å². The number of nitrogens with one attached hydrogen (secondary N) is 2. The second-order valence-electron chi connectivity index (χ2n) is 7.84. The lowest BCUT2D eigenvalue weighted by molar-refractivity contribution is 0.0507. The van der Waals surface area contributed by atoms with Crippen LogP contribution in [0.3, 0.4) is 0 Å². The van der Waals surface area contributed by atoms with Crippen molar-refractivity contribution in [1.82, 2.24) is 14.9 Å². The lowest BCUT2D eigenvalue weighted by Crippen LogP contribution is -2.45. The molecule has 1 aliphatic rings. The molecule has 2 N–H and O–H groups in total. The molecule has 2 aromatic carbocycles. The van der Waals surface area contributed by atoms with E-state index in [0.29, 0.717) is 0 Å². The molecule has 0 fully saturated rings. The molecule has 0 bridgehead atoms. The first-order valence-electron chi connectivity index (χ1n) is 9.38. The van der Waals surface area contributed by atoms with Crippen molar-refractivity contribution in [2.75, 3.05) is 13.1 Å². The van der Waals surface area contributed by atoms with Gasteiger partial charge in [0.15, 0.2) is 0 Å². The minimum absolute atomic E-state index is 0.00310. The molecule has 2 aromatic rings. The number of imide groups is 1. The van der Waals surface area contributed by atoms with Gasteiger partial charge in [0.25, 0.3) is 17.7 Å². The van der Waals surface area contributed by atoms with Crippen LogP contribution < -0.4 is 10.0 Å². The van der Waals surface area contributed by atoms with E-state index in [1.807, 2.05) is 0 Å². The molecule has 3 rings (SSSR count). The maximum atomic E-state index is 12.6. The predicted octanol–water partition coefficient (Wildman–Crippen LogP) is 1.79. The van der Waals surface area contributed by atoms with E-state index in [2.05, 4.69) is 10.0 Å². The SMILES string of the molecule is CC(C)(C)N1C(=O)c2ccc(C(=O)NCCNS(=O)(=O)c3ccccc3)cc2C1=O. The van der Waals surface area contributed by atoms with Crippen molar-refractivity contribution in [2.45, 2.75) is 31.2 Å². The van der Waals surface area contributed by atoms with Gasteiger partial charge in [-0.2, -0.15) is 0 Å². The van der Waals surface area contributed by atoms with Gasteiger partial charge in [0, 0.05) is 24.2 Å². The molecule has 1 aliphatic heterocycles. The summed E-state index contributed by atoms with van der Waals surface area (Å²) in [6, 6.07) is 12.2. The number of hydrogen-bond donors (Lipinski definition) is 2. The number of fused-ring (bicyclic) bond motifs is 1. The quantitative estimate of drug-likeness (QED) is 0.537. The lowest BCUT2D eigenvalue weighted by Gasteiger charge is -2.29. The Morgan fingerprint density at radius 2 is 1.57 bits per heavy atom. The number of rotatable bonds is 6. The molecule has 158 valence electrons. The first-order chi connectivity index (χ1) is 14.0. The fourth-order valence-corrected chi connectivity index (χ4v) is 4.19. The molecule has 0 unspecified atom stereocenters. The molecule has 9 heteroatoms. The molecule has 0 aliphatic carbocycles. The Labute approximate surface area is 175 Å². The standard InChI is InChI=1S/C21H23N3O5S/c1-21(2,3)24-19(26)16-10-9-14(13-17(16)20(24)27)18(25)22-11-12-23-30(28,29)15-7-5-4-6-8-15/h4-10,13,23H,11-12H2,1-3H3,(H,22,25). The number of amides is 3. The van der Waals surface area contributed by atoms with Crippen molar-refractivity contribution in [3.8, 4) is 0 Å². The van der Waals surface area contributed by atoms with Crippen molar-refractivity contribution in [3.63, 3.8) is 0 Å². The van der Waals surface area contributed by atoms with Crippen LogP contribution >= 0.6 is 0 Å². The van der Waals surface area contributed by atoms with Crippen LogP contribution in [-0.2, 0) is 10.0 Å². The van der Waals surface area contributed by atoms with E-state index in [0.717, 1.165) is 0 Å². The van der Waals surface area contributed by atoms with Crippen LogP contribution in [0.4, 0.5) is 0 Å². The Kier molecular flexibility index (Phi) is 5.78. The van der Waals surface area contributed by atoms with E-state index >= 15 is 0 Å². The molecule has 1 heterocycles. The highest BCUT2D eigenvalue weighted by atomic mass is 32.2. The van der Waals surface area contributed by atoms with Crippen LogP contribution in [0.25, 0.3) is 0 Å². The molecular weight excluding hydrogens is 406 g/mol. The predicted molar refractivity (Wildman–Crippen MR) is 111 cm³/mol. The van der Waals surface area contributed by atoms with E-state index in [9.17, 15) is 22.8 Å². The lowest BCUT2D eigenvalue weighted by atomic mass is 10.1. The largest absolute Gasteiger partial charge is 0.351 e. The minimum Gasteiger partial charge on any atom is -0.351 e. The van der Waals surface area contributed by atoms with Crippen LogP contribution in [0.1, 0.15) is 51.8 Å². The Balaban J connectivity index is 1.62. The van der Waals surface area contributed by atoms with Crippen LogP contribution in [-0.4, -0.2) is 49.7 Å². The zero-order chi connectivity index (χ0) is 22.1. The van der Waals surface area contributed by atoms with Crippen molar-refractivity contribution >= 4 is 27.7 Å². The topological polar surface area (TPSA) is 113 Å². The highest BCUT2D eigenvalue weighted by Gasteiger charge is 2.42. The average Bonchev–Trinajstić information content (AvgIpc) is 2.95. The van der Waals surface area contributed by atoms with Gasteiger partial charge in [0.1, 0.15) is 0 Å². The molecule has 30 heavy (non-hydrogen) atoms. The fraction of sp³-hybridized carbons (Fsp3) is 0.286. The molecule has 3 amide bonds. The fourth-order valence-electron chi connectivity index (χ4n) is 3.14. The molecule has 8 nitrogen and oxygen atoms in total. The Morgan fingerprint density at radius 1 is 0.933 bits per heavy atom. The van der Waals surface area contributed by atoms with Gasteiger partial charge in [-0.25, -0.2) is 13.1 Å². The summed E-state index contributed by atoms with van der Waals surface area (Å²) < 4.78 is 26.7. The molecule has 0 saturated heterocycles. The number of carbonyl (C=O) groups is 3. The highest BCUT2D eigenvalue weighted by Crippen LogP contribution is 2.29. The van der Waals surface area contributed by atoms with Gasteiger partial charge in [0.05, 0.1) is 16.0 Å². The Morgan fingerprint density at radius 3 is 2.20 bits per heavy atom. The summed E-state index contributed by atoms with van der Waals surface area (Å²) >= 11 is 0. The summed E-state index contributed by atoms with van der Waals surface area (Å²) in [5.41, 5.74) is -0.00283. The number of hydrogen-bond acceptors (Lipinski definition) is 5. The molecule has 0 atom stereocenters. The van der Waals surface area contributed by atoms with Crippen LogP contribution in [0.15, 0.2) is 53.4 Å². The maximum absolute atomic E-state index is 12.6. The van der Waals surface area contributed by atoms with E-state index < -0.39 is 27.4 Å². The smallest absolute Gasteiger partial charge is 0.262 e. The highest BCUT2D eigenvalue weighted by molar-refractivity contribution is 7.89. The van der Waals surface area contributed by atoms with Crippen molar-refractivity contribution in [1.29, 1.82) is 0 Å². The van der Waals surface area contributed by atoms with Gasteiger partial charge in [-0.3, -0.25) is 19.3 Å². The van der Waals surface area contributed by atoms with Crippen molar-refractivity contribution in [3.05, 3.63) is 65.2 Å². The van der Waals surface area contributed by atoms with Gasteiger partial charge < -0.3 is 5.32 Å². The van der Waals surface area contributed by atoms with Crippen molar-refractivity contribution < 1.29 is 22.8 Å². The summed E-state index contributed by atoms with van der Waals surface area (Å²) in [5.74, 6) is -1.29. The third-order valence-electron chi connectivity index (χ3n) is 4.58. The van der Waals surface area contributed by atoms with E-state index in [1.54, 1.807) is 39.0 Å². The molecule has 0 spiro atoms. The second kappa shape index (κ2) is 8.00. The Hall–Kier alpha value is -3.04. The molecule has 0 radical (unpaired) electrons. The van der Waals surface area contributed by atoms with Gasteiger partial charge in [-0.1, -0.05) is 18.2 Å². The Bertz CT molecular complexity index is 1110.